The van der Waals surface area contributed by atoms with Crippen LogP contribution in [0.2, 0.25) is 0 Å². The third-order valence-electron chi connectivity index (χ3n) is 3.48. The molecule has 0 saturated carbocycles. The van der Waals surface area contributed by atoms with Gasteiger partial charge < -0.3 is 39.7 Å². The average molecular weight is 316 g/mol. The van der Waals surface area contributed by atoms with Crippen molar-refractivity contribution in [1.82, 2.24) is 0 Å². The van der Waals surface area contributed by atoms with Crippen LogP contribution in [-0.4, -0.2) is 76.1 Å². The first kappa shape index (κ1) is 16.9. The Morgan fingerprint density at radius 3 is 2.18 bits per heavy atom. The van der Waals surface area contributed by atoms with Crippen LogP contribution in [0.4, 0.5) is 0 Å². The molecule has 1 aliphatic rings. The Kier molecular flexibility index (Phi) is 5.57. The van der Waals surface area contributed by atoms with Gasteiger partial charge in [-0.15, -0.1) is 0 Å². The second-order valence-electron chi connectivity index (χ2n) is 4.98. The summed E-state index contributed by atoms with van der Waals surface area (Å²) in [5.74, 6) is 0.951. The summed E-state index contributed by atoms with van der Waals surface area (Å²) in [5.41, 5.74) is 0. The Morgan fingerprint density at radius 1 is 1.05 bits per heavy atom. The molecule has 1 aromatic carbocycles. The first-order valence-electron chi connectivity index (χ1n) is 6.77. The summed E-state index contributed by atoms with van der Waals surface area (Å²) < 4.78 is 15.7. The SMILES string of the molecule is COc1ccc(O[C@H]2O[C@H]([C@H](O)CO)[C@@H](O)[C@H](O)[C@@H]2O)cc1. The topological polar surface area (TPSA) is 129 Å². The maximum Gasteiger partial charge on any atom is 0.229 e. The lowest BCUT2D eigenvalue weighted by Gasteiger charge is -2.41. The molecular formula is C14H20O8. The molecule has 1 saturated heterocycles. The van der Waals surface area contributed by atoms with Crippen LogP contribution >= 0.6 is 0 Å². The van der Waals surface area contributed by atoms with Crippen molar-refractivity contribution in [2.75, 3.05) is 13.7 Å². The zero-order valence-corrected chi connectivity index (χ0v) is 11.9. The number of hydrogen-bond donors (Lipinski definition) is 5. The lowest BCUT2D eigenvalue weighted by atomic mass is 9.95. The van der Waals surface area contributed by atoms with Crippen molar-refractivity contribution in [1.29, 1.82) is 0 Å². The van der Waals surface area contributed by atoms with E-state index >= 15 is 0 Å². The zero-order valence-electron chi connectivity index (χ0n) is 11.9. The van der Waals surface area contributed by atoms with E-state index in [-0.39, 0.29) is 0 Å². The average Bonchev–Trinajstić information content (AvgIpc) is 2.55. The van der Waals surface area contributed by atoms with Gasteiger partial charge in [0.05, 0.1) is 13.7 Å². The number of benzene rings is 1. The van der Waals surface area contributed by atoms with E-state index in [2.05, 4.69) is 0 Å². The summed E-state index contributed by atoms with van der Waals surface area (Å²) in [7, 11) is 1.52. The molecule has 6 atom stereocenters. The molecule has 0 unspecified atom stereocenters. The molecule has 1 aliphatic heterocycles. The molecule has 0 spiro atoms. The van der Waals surface area contributed by atoms with E-state index in [0.29, 0.717) is 11.5 Å². The van der Waals surface area contributed by atoms with Crippen molar-refractivity contribution >= 4 is 0 Å². The first-order chi connectivity index (χ1) is 10.5. The zero-order chi connectivity index (χ0) is 16.3. The highest BCUT2D eigenvalue weighted by molar-refractivity contribution is 5.31. The van der Waals surface area contributed by atoms with Crippen molar-refractivity contribution in [3.63, 3.8) is 0 Å². The Morgan fingerprint density at radius 2 is 1.64 bits per heavy atom. The van der Waals surface area contributed by atoms with Crippen molar-refractivity contribution in [3.05, 3.63) is 24.3 Å². The maximum absolute atomic E-state index is 9.91. The Balaban J connectivity index is 2.10. The Labute approximate surface area is 127 Å². The standard InChI is InChI=1S/C14H20O8/c1-20-7-2-4-8(5-3-7)21-14-12(19)10(17)11(18)13(22-14)9(16)6-15/h2-5,9-19H,6H2,1H3/t9-,10+,11+,12+,13-,14+/m1/s1. The van der Waals surface area contributed by atoms with E-state index in [4.69, 9.17) is 19.3 Å². The van der Waals surface area contributed by atoms with Crippen molar-refractivity contribution in [2.45, 2.75) is 36.8 Å². The third kappa shape index (κ3) is 3.49. The molecule has 1 aromatic rings. The van der Waals surface area contributed by atoms with Gasteiger partial charge in [-0.1, -0.05) is 0 Å². The fourth-order valence-corrected chi connectivity index (χ4v) is 2.18. The molecule has 0 aliphatic carbocycles. The van der Waals surface area contributed by atoms with Crippen LogP contribution in [0.5, 0.6) is 11.5 Å². The number of aliphatic hydroxyl groups is 5. The Bertz CT molecular complexity index is 464. The van der Waals surface area contributed by atoms with Crippen molar-refractivity contribution < 1.29 is 39.7 Å². The highest BCUT2D eigenvalue weighted by Crippen LogP contribution is 2.26. The minimum atomic E-state index is -1.58. The molecule has 0 bridgehead atoms. The molecule has 8 heteroatoms. The Hall–Kier alpha value is -1.42. The molecule has 8 nitrogen and oxygen atoms in total. The van der Waals surface area contributed by atoms with Crippen LogP contribution in [0.25, 0.3) is 0 Å². The van der Waals surface area contributed by atoms with Gasteiger partial charge in [0.2, 0.25) is 6.29 Å². The number of hydrogen-bond acceptors (Lipinski definition) is 8. The summed E-state index contributed by atoms with van der Waals surface area (Å²) in [5, 5.41) is 48.1. The van der Waals surface area contributed by atoms with Crippen molar-refractivity contribution in [2.24, 2.45) is 0 Å². The first-order valence-corrected chi connectivity index (χ1v) is 6.77. The molecule has 1 heterocycles. The molecule has 2 rings (SSSR count). The summed E-state index contributed by atoms with van der Waals surface area (Å²) in [4.78, 5) is 0. The molecule has 1 fully saturated rings. The minimum Gasteiger partial charge on any atom is -0.497 e. The quantitative estimate of drug-likeness (QED) is 0.432. The molecule has 5 N–H and O–H groups in total. The second-order valence-corrected chi connectivity index (χ2v) is 4.98. The molecule has 124 valence electrons. The highest BCUT2D eigenvalue weighted by atomic mass is 16.7. The number of aliphatic hydroxyl groups excluding tert-OH is 5. The van der Waals surface area contributed by atoms with Crippen LogP contribution < -0.4 is 9.47 Å². The minimum absolute atomic E-state index is 0.339. The third-order valence-corrected chi connectivity index (χ3v) is 3.48. The van der Waals surface area contributed by atoms with Gasteiger partial charge in [0.1, 0.15) is 42.0 Å². The van der Waals surface area contributed by atoms with E-state index in [1.165, 1.54) is 7.11 Å². The van der Waals surface area contributed by atoms with Gasteiger partial charge in [-0.25, -0.2) is 0 Å². The summed E-state index contributed by atoms with van der Waals surface area (Å²) >= 11 is 0. The fraction of sp³-hybridized carbons (Fsp3) is 0.571. The van der Waals surface area contributed by atoms with Crippen LogP contribution in [0.1, 0.15) is 0 Å². The largest absolute Gasteiger partial charge is 0.497 e. The predicted molar refractivity (Wildman–Crippen MR) is 73.4 cm³/mol. The van der Waals surface area contributed by atoms with E-state index in [1.54, 1.807) is 24.3 Å². The van der Waals surface area contributed by atoms with Crippen LogP contribution in [0.3, 0.4) is 0 Å². The molecular weight excluding hydrogens is 296 g/mol. The van der Waals surface area contributed by atoms with Gasteiger partial charge in [-0.3, -0.25) is 0 Å². The van der Waals surface area contributed by atoms with Crippen LogP contribution in [-0.2, 0) is 4.74 Å². The monoisotopic (exact) mass is 316 g/mol. The molecule has 0 aromatic heterocycles. The van der Waals surface area contributed by atoms with Crippen LogP contribution in [0, 0.1) is 0 Å². The molecule has 0 radical (unpaired) electrons. The second kappa shape index (κ2) is 7.23. The number of rotatable bonds is 5. The lowest BCUT2D eigenvalue weighted by Crippen LogP contribution is -2.62. The summed E-state index contributed by atoms with van der Waals surface area (Å²) in [6, 6.07) is 6.42. The fourth-order valence-electron chi connectivity index (χ4n) is 2.18. The number of methoxy groups -OCH3 is 1. The highest BCUT2D eigenvalue weighted by Gasteiger charge is 2.47. The smallest absolute Gasteiger partial charge is 0.229 e. The lowest BCUT2D eigenvalue weighted by molar-refractivity contribution is -0.290. The van der Waals surface area contributed by atoms with Crippen LogP contribution in [0.15, 0.2) is 24.3 Å². The van der Waals surface area contributed by atoms with Crippen molar-refractivity contribution in [3.8, 4) is 11.5 Å². The van der Waals surface area contributed by atoms with Gasteiger partial charge in [0.15, 0.2) is 0 Å². The van der Waals surface area contributed by atoms with Gasteiger partial charge in [0.25, 0.3) is 0 Å². The van der Waals surface area contributed by atoms with Gasteiger partial charge in [-0.2, -0.15) is 0 Å². The van der Waals surface area contributed by atoms with Gasteiger partial charge in [0, 0.05) is 0 Å². The number of ether oxygens (including phenoxy) is 3. The van der Waals surface area contributed by atoms with Gasteiger partial charge >= 0.3 is 0 Å². The normalized spacial score (nSPS) is 33.3. The van der Waals surface area contributed by atoms with E-state index in [0.717, 1.165) is 0 Å². The summed E-state index contributed by atoms with van der Waals surface area (Å²) in [6.45, 7) is -0.667. The van der Waals surface area contributed by atoms with E-state index in [1.807, 2.05) is 0 Å². The predicted octanol–water partition coefficient (Wildman–Crippen LogP) is -1.77. The molecule has 0 amide bonds. The summed E-state index contributed by atoms with van der Waals surface area (Å²) in [6.07, 6.45) is -8.65. The molecule has 22 heavy (non-hydrogen) atoms. The maximum atomic E-state index is 9.91. The van der Waals surface area contributed by atoms with E-state index < -0.39 is 43.4 Å². The van der Waals surface area contributed by atoms with Gasteiger partial charge in [-0.05, 0) is 24.3 Å². The van der Waals surface area contributed by atoms with E-state index in [9.17, 15) is 20.4 Å².